The predicted octanol–water partition coefficient (Wildman–Crippen LogP) is 4.37. The van der Waals surface area contributed by atoms with Crippen molar-refractivity contribution in [1.29, 1.82) is 0 Å². The van der Waals surface area contributed by atoms with Crippen LogP contribution in [0.1, 0.15) is 28.4 Å². The van der Waals surface area contributed by atoms with Crippen molar-refractivity contribution >= 4 is 0 Å². The Labute approximate surface area is 117 Å². The van der Waals surface area contributed by atoms with Gasteiger partial charge in [0.1, 0.15) is 17.7 Å². The summed E-state index contributed by atoms with van der Waals surface area (Å²) in [5.74, 6) is -1.73. The summed E-state index contributed by atoms with van der Waals surface area (Å²) in [6, 6.07) is 5.48. The highest BCUT2D eigenvalue weighted by atomic mass is 19.4. The monoisotopic (exact) mass is 302 g/mol. The van der Waals surface area contributed by atoms with Gasteiger partial charge in [-0.15, -0.1) is 0 Å². The van der Waals surface area contributed by atoms with E-state index in [9.17, 15) is 27.1 Å². The molecule has 2 aromatic carbocycles. The Morgan fingerprint density at radius 1 is 0.952 bits per heavy atom. The number of aliphatic hydroxyl groups excluding tert-OH is 1. The summed E-state index contributed by atoms with van der Waals surface area (Å²) in [5, 5.41) is 10.1. The number of alkyl halides is 3. The summed E-state index contributed by atoms with van der Waals surface area (Å²) in [6.07, 6.45) is -6.52. The van der Waals surface area contributed by atoms with Gasteiger partial charge >= 0.3 is 6.18 Å². The van der Waals surface area contributed by atoms with Gasteiger partial charge in [-0.2, -0.15) is 13.2 Å². The van der Waals surface area contributed by atoms with Gasteiger partial charge in [0.15, 0.2) is 0 Å². The molecule has 21 heavy (non-hydrogen) atoms. The lowest BCUT2D eigenvalue weighted by atomic mass is 9.95. The van der Waals surface area contributed by atoms with Crippen LogP contribution in [0.2, 0.25) is 0 Å². The van der Waals surface area contributed by atoms with Gasteiger partial charge in [-0.1, -0.05) is 12.1 Å². The van der Waals surface area contributed by atoms with Crippen molar-refractivity contribution in [2.45, 2.75) is 19.2 Å². The Morgan fingerprint density at radius 3 is 2.19 bits per heavy atom. The number of hydrogen-bond donors (Lipinski definition) is 1. The summed E-state index contributed by atoms with van der Waals surface area (Å²) >= 11 is 0. The maximum atomic E-state index is 13.3. The van der Waals surface area contributed by atoms with Crippen molar-refractivity contribution in [2.75, 3.05) is 0 Å². The van der Waals surface area contributed by atoms with Crippen LogP contribution in [0.3, 0.4) is 0 Å². The molecule has 1 atom stereocenters. The zero-order chi connectivity index (χ0) is 15.8. The molecule has 0 amide bonds. The molecule has 1 N–H and O–H groups in total. The van der Waals surface area contributed by atoms with E-state index in [0.717, 1.165) is 18.2 Å². The molecule has 112 valence electrons. The third kappa shape index (κ3) is 3.39. The van der Waals surface area contributed by atoms with Gasteiger partial charge in [0, 0.05) is 0 Å². The smallest absolute Gasteiger partial charge is 0.384 e. The molecule has 0 radical (unpaired) electrons. The van der Waals surface area contributed by atoms with Crippen LogP contribution in [0.5, 0.6) is 0 Å². The highest BCUT2D eigenvalue weighted by Gasteiger charge is 2.35. The first kappa shape index (κ1) is 15.4. The Kier molecular flexibility index (Phi) is 4.00. The molecule has 0 bridgehead atoms. The molecule has 1 nitrogen and oxygen atoms in total. The highest BCUT2D eigenvalue weighted by Crippen LogP contribution is 2.37. The molecule has 0 saturated carbocycles. The number of rotatable bonds is 2. The van der Waals surface area contributed by atoms with E-state index in [1.54, 1.807) is 6.92 Å². The van der Waals surface area contributed by atoms with Gasteiger partial charge in [-0.05, 0) is 47.9 Å². The summed E-state index contributed by atoms with van der Waals surface area (Å²) in [5.41, 5.74) is -1.37. The zero-order valence-electron chi connectivity index (χ0n) is 10.9. The molecular formula is C15H11F5O. The van der Waals surface area contributed by atoms with E-state index in [1.807, 2.05) is 0 Å². The fourth-order valence-corrected chi connectivity index (χ4v) is 2.11. The second-order valence-electron chi connectivity index (χ2n) is 4.69. The van der Waals surface area contributed by atoms with Gasteiger partial charge in [-0.25, -0.2) is 8.78 Å². The van der Waals surface area contributed by atoms with Gasteiger partial charge in [0.2, 0.25) is 0 Å². The number of aryl methyl sites for hydroxylation is 1. The Morgan fingerprint density at radius 2 is 1.62 bits per heavy atom. The first-order chi connectivity index (χ1) is 9.68. The van der Waals surface area contributed by atoms with Crippen LogP contribution in [0.25, 0.3) is 0 Å². The number of halogens is 5. The largest absolute Gasteiger partial charge is 0.416 e. The van der Waals surface area contributed by atoms with Crippen molar-refractivity contribution in [2.24, 2.45) is 0 Å². The minimum Gasteiger partial charge on any atom is -0.384 e. The maximum Gasteiger partial charge on any atom is 0.416 e. The zero-order valence-corrected chi connectivity index (χ0v) is 10.9. The minimum absolute atomic E-state index is 0.0235. The minimum atomic E-state index is -4.82. The van der Waals surface area contributed by atoms with Crippen LogP contribution in [0, 0.1) is 18.6 Å². The van der Waals surface area contributed by atoms with Crippen LogP contribution in [-0.4, -0.2) is 5.11 Å². The van der Waals surface area contributed by atoms with Crippen LogP contribution >= 0.6 is 0 Å². The van der Waals surface area contributed by atoms with Gasteiger partial charge in [0.05, 0.1) is 5.56 Å². The lowest BCUT2D eigenvalue weighted by molar-refractivity contribution is -0.139. The van der Waals surface area contributed by atoms with E-state index in [0.29, 0.717) is 11.6 Å². The molecule has 0 fully saturated rings. The molecule has 0 aliphatic rings. The summed E-state index contributed by atoms with van der Waals surface area (Å²) < 4.78 is 65.1. The summed E-state index contributed by atoms with van der Waals surface area (Å²) in [4.78, 5) is 0. The molecule has 0 heterocycles. The van der Waals surface area contributed by atoms with E-state index in [2.05, 4.69) is 0 Å². The van der Waals surface area contributed by atoms with Crippen molar-refractivity contribution in [3.05, 3.63) is 70.3 Å². The Hall–Kier alpha value is -1.95. The second-order valence-corrected chi connectivity index (χ2v) is 4.69. The highest BCUT2D eigenvalue weighted by molar-refractivity contribution is 5.39. The van der Waals surface area contributed by atoms with Crippen LogP contribution in [0.15, 0.2) is 36.4 Å². The molecule has 0 aliphatic carbocycles. The van der Waals surface area contributed by atoms with Crippen molar-refractivity contribution in [3.8, 4) is 0 Å². The van der Waals surface area contributed by atoms with Crippen LogP contribution < -0.4 is 0 Å². The van der Waals surface area contributed by atoms with E-state index < -0.39 is 35.0 Å². The summed E-state index contributed by atoms with van der Waals surface area (Å²) in [7, 11) is 0. The molecular weight excluding hydrogens is 291 g/mol. The normalized spacial score (nSPS) is 13.3. The van der Waals surface area contributed by atoms with Gasteiger partial charge in [0.25, 0.3) is 0 Å². The summed E-state index contributed by atoms with van der Waals surface area (Å²) in [6.45, 7) is 1.55. The lowest BCUT2D eigenvalue weighted by Crippen LogP contribution is -2.13. The van der Waals surface area contributed by atoms with E-state index in [4.69, 9.17) is 0 Å². The predicted molar refractivity (Wildman–Crippen MR) is 66.6 cm³/mol. The molecule has 0 saturated heterocycles. The molecule has 0 spiro atoms. The standard InChI is InChI=1S/C15H11F5O/c1-8-4-9(6-11(17)5-8)14(21)12-3-2-10(16)7-13(12)15(18,19)20/h2-7,14,21H,1H3. The van der Waals surface area contributed by atoms with Crippen LogP contribution in [-0.2, 0) is 6.18 Å². The first-order valence-corrected chi connectivity index (χ1v) is 6.00. The number of aliphatic hydroxyl groups is 1. The second kappa shape index (κ2) is 5.44. The van der Waals surface area contributed by atoms with E-state index >= 15 is 0 Å². The first-order valence-electron chi connectivity index (χ1n) is 6.00. The molecule has 0 aliphatic heterocycles. The average Bonchev–Trinajstić information content (AvgIpc) is 2.35. The van der Waals surface area contributed by atoms with Crippen molar-refractivity contribution in [1.82, 2.24) is 0 Å². The van der Waals surface area contributed by atoms with Gasteiger partial charge in [-0.3, -0.25) is 0 Å². The average molecular weight is 302 g/mol. The molecule has 2 aromatic rings. The SMILES string of the molecule is Cc1cc(F)cc(C(O)c2ccc(F)cc2C(F)(F)F)c1. The lowest BCUT2D eigenvalue weighted by Gasteiger charge is -2.18. The number of hydrogen-bond acceptors (Lipinski definition) is 1. The quantitative estimate of drug-likeness (QED) is 0.817. The topological polar surface area (TPSA) is 20.2 Å². The fourth-order valence-electron chi connectivity index (χ4n) is 2.11. The van der Waals surface area contributed by atoms with Crippen molar-refractivity contribution in [3.63, 3.8) is 0 Å². The van der Waals surface area contributed by atoms with Crippen molar-refractivity contribution < 1.29 is 27.1 Å². The Bertz CT molecular complexity index is 643. The third-order valence-electron chi connectivity index (χ3n) is 3.00. The van der Waals surface area contributed by atoms with E-state index in [-0.39, 0.29) is 5.56 Å². The maximum absolute atomic E-state index is 13.3. The molecule has 6 heteroatoms. The van der Waals surface area contributed by atoms with E-state index in [1.165, 1.54) is 12.1 Å². The Balaban J connectivity index is 2.55. The third-order valence-corrected chi connectivity index (χ3v) is 3.00. The number of benzene rings is 2. The van der Waals surface area contributed by atoms with Crippen LogP contribution in [0.4, 0.5) is 22.0 Å². The fraction of sp³-hybridized carbons (Fsp3) is 0.200. The molecule has 2 rings (SSSR count). The molecule has 1 unspecified atom stereocenters. The van der Waals surface area contributed by atoms with Gasteiger partial charge < -0.3 is 5.11 Å². The molecule has 0 aromatic heterocycles.